The molecule has 0 aromatic carbocycles. The molecule has 0 radical (unpaired) electrons. The van der Waals surface area contributed by atoms with Gasteiger partial charge in [0.05, 0.1) is 10.4 Å². The van der Waals surface area contributed by atoms with Crippen LogP contribution in [0.1, 0.15) is 31.6 Å². The van der Waals surface area contributed by atoms with Gasteiger partial charge in [0.25, 0.3) is 0 Å². The summed E-state index contributed by atoms with van der Waals surface area (Å²) in [4.78, 5) is 4.95. The molecule has 14 heavy (non-hydrogen) atoms. The topological polar surface area (TPSA) is 33.1 Å². The van der Waals surface area contributed by atoms with Crippen LogP contribution in [0.3, 0.4) is 0 Å². The lowest BCUT2D eigenvalue weighted by Gasteiger charge is -2.33. The first-order chi connectivity index (χ1) is 6.52. The number of aromatic nitrogens is 1. The van der Waals surface area contributed by atoms with Crippen molar-refractivity contribution in [2.24, 2.45) is 5.41 Å². The molecule has 1 unspecified atom stereocenters. The van der Waals surface area contributed by atoms with Gasteiger partial charge in [-0.05, 0) is 18.3 Å². The fourth-order valence-corrected chi connectivity index (χ4v) is 2.41. The molecule has 0 aliphatic heterocycles. The van der Waals surface area contributed by atoms with Crippen molar-refractivity contribution in [1.82, 2.24) is 4.98 Å². The van der Waals surface area contributed by atoms with E-state index in [0.29, 0.717) is 0 Å². The van der Waals surface area contributed by atoms with Gasteiger partial charge >= 0.3 is 0 Å². The van der Waals surface area contributed by atoms with E-state index in [-0.39, 0.29) is 5.41 Å². The quantitative estimate of drug-likeness (QED) is 0.721. The predicted octanol–water partition coefficient (Wildman–Crippen LogP) is 2.71. The van der Waals surface area contributed by atoms with Gasteiger partial charge in [-0.3, -0.25) is 4.98 Å². The van der Waals surface area contributed by atoms with Crippen molar-refractivity contribution < 1.29 is 5.11 Å². The van der Waals surface area contributed by atoms with E-state index in [4.69, 9.17) is 0 Å². The van der Waals surface area contributed by atoms with Crippen LogP contribution in [-0.4, -0.2) is 10.1 Å². The van der Waals surface area contributed by atoms with Gasteiger partial charge in [0.15, 0.2) is 0 Å². The number of thiazole rings is 1. The van der Waals surface area contributed by atoms with Crippen molar-refractivity contribution in [3.8, 4) is 0 Å². The Labute approximate surface area is 88.3 Å². The molecule has 1 aromatic heterocycles. The molecule has 0 saturated carbocycles. The fourth-order valence-electron chi connectivity index (χ4n) is 1.68. The highest BCUT2D eigenvalue weighted by atomic mass is 32.1. The summed E-state index contributed by atoms with van der Waals surface area (Å²) >= 11 is 1.52. The van der Waals surface area contributed by atoms with E-state index in [1.54, 1.807) is 11.7 Å². The average molecular weight is 209 g/mol. The predicted molar refractivity (Wildman–Crippen MR) is 58.2 cm³/mol. The van der Waals surface area contributed by atoms with Gasteiger partial charge in [-0.25, -0.2) is 0 Å². The largest absolute Gasteiger partial charge is 0.380 e. The second-order valence-electron chi connectivity index (χ2n) is 4.61. The maximum absolute atomic E-state index is 10.3. The second kappa shape index (κ2) is 3.17. The number of hydrogen-bond donors (Lipinski definition) is 1. The van der Waals surface area contributed by atoms with Crippen molar-refractivity contribution in [2.75, 3.05) is 0 Å². The van der Waals surface area contributed by atoms with Crippen LogP contribution in [0.2, 0.25) is 0 Å². The molecule has 1 heterocycles. The van der Waals surface area contributed by atoms with Gasteiger partial charge in [0.2, 0.25) is 0 Å². The Morgan fingerprint density at radius 1 is 1.36 bits per heavy atom. The van der Waals surface area contributed by atoms with E-state index in [1.807, 2.05) is 6.08 Å². The van der Waals surface area contributed by atoms with Crippen molar-refractivity contribution in [2.45, 2.75) is 32.3 Å². The van der Waals surface area contributed by atoms with Crippen LogP contribution in [0.25, 0.3) is 0 Å². The molecule has 0 saturated heterocycles. The standard InChI is InChI=1S/C11H15NOS/c1-10(2)3-5-11(13,6-4-10)9-7-12-8-14-9/h3,5,7-8,13H,4,6H2,1-2H3. The van der Waals surface area contributed by atoms with Crippen LogP contribution < -0.4 is 0 Å². The Bertz CT molecular complexity index is 342. The minimum absolute atomic E-state index is 0.219. The molecule has 1 atom stereocenters. The van der Waals surface area contributed by atoms with Gasteiger partial charge in [-0.2, -0.15) is 0 Å². The molecule has 1 N–H and O–H groups in total. The van der Waals surface area contributed by atoms with Crippen LogP contribution in [0, 0.1) is 5.41 Å². The Morgan fingerprint density at radius 2 is 2.14 bits per heavy atom. The van der Waals surface area contributed by atoms with Gasteiger partial charge in [-0.15, -0.1) is 11.3 Å². The minimum Gasteiger partial charge on any atom is -0.380 e. The summed E-state index contributed by atoms with van der Waals surface area (Å²) in [6.07, 6.45) is 7.59. The van der Waals surface area contributed by atoms with Gasteiger partial charge in [0, 0.05) is 6.20 Å². The smallest absolute Gasteiger partial charge is 0.118 e. The first-order valence-electron chi connectivity index (χ1n) is 4.84. The lowest BCUT2D eigenvalue weighted by molar-refractivity contribution is 0.0614. The third-order valence-corrected chi connectivity index (χ3v) is 3.76. The Balaban J connectivity index is 2.29. The normalized spacial score (nSPS) is 30.5. The van der Waals surface area contributed by atoms with Crippen molar-refractivity contribution >= 4 is 11.3 Å². The minimum atomic E-state index is -0.767. The van der Waals surface area contributed by atoms with Crippen LogP contribution in [0.15, 0.2) is 23.9 Å². The highest BCUT2D eigenvalue weighted by Crippen LogP contribution is 2.40. The maximum atomic E-state index is 10.3. The molecule has 1 aliphatic carbocycles. The van der Waals surface area contributed by atoms with Crippen molar-refractivity contribution in [3.63, 3.8) is 0 Å². The molecular weight excluding hydrogens is 194 g/mol. The average Bonchev–Trinajstić information content (AvgIpc) is 2.64. The Morgan fingerprint density at radius 3 is 2.64 bits per heavy atom. The highest BCUT2D eigenvalue weighted by Gasteiger charge is 2.34. The summed E-state index contributed by atoms with van der Waals surface area (Å²) in [6, 6.07) is 0. The number of aliphatic hydroxyl groups is 1. The molecule has 3 heteroatoms. The molecule has 1 aliphatic rings. The third-order valence-electron chi connectivity index (χ3n) is 2.82. The van der Waals surface area contributed by atoms with Crippen LogP contribution in [0.4, 0.5) is 0 Å². The monoisotopic (exact) mass is 209 g/mol. The molecule has 0 fully saturated rings. The summed E-state index contributed by atoms with van der Waals surface area (Å²) < 4.78 is 0. The molecule has 2 nitrogen and oxygen atoms in total. The van der Waals surface area contributed by atoms with E-state index in [1.165, 1.54) is 11.3 Å². The van der Waals surface area contributed by atoms with E-state index in [0.717, 1.165) is 17.7 Å². The maximum Gasteiger partial charge on any atom is 0.118 e. The van der Waals surface area contributed by atoms with E-state index >= 15 is 0 Å². The highest BCUT2D eigenvalue weighted by molar-refractivity contribution is 7.09. The summed E-state index contributed by atoms with van der Waals surface area (Å²) in [7, 11) is 0. The second-order valence-corrected chi connectivity index (χ2v) is 5.50. The molecule has 2 rings (SSSR count). The lowest BCUT2D eigenvalue weighted by atomic mass is 9.76. The van der Waals surface area contributed by atoms with Gasteiger partial charge < -0.3 is 5.11 Å². The number of allylic oxidation sites excluding steroid dienone is 1. The molecular formula is C11H15NOS. The SMILES string of the molecule is CC1(C)C=CC(O)(c2cncs2)CC1. The summed E-state index contributed by atoms with van der Waals surface area (Å²) in [5.41, 5.74) is 1.22. The zero-order valence-electron chi connectivity index (χ0n) is 8.53. The Kier molecular flexibility index (Phi) is 2.24. The van der Waals surface area contributed by atoms with Crippen LogP contribution >= 0.6 is 11.3 Å². The summed E-state index contributed by atoms with van der Waals surface area (Å²) in [6.45, 7) is 4.38. The first kappa shape index (κ1) is 9.87. The lowest BCUT2D eigenvalue weighted by Crippen LogP contribution is -2.29. The van der Waals surface area contributed by atoms with Crippen LogP contribution in [0.5, 0.6) is 0 Å². The van der Waals surface area contributed by atoms with E-state index in [9.17, 15) is 5.11 Å². The molecule has 0 spiro atoms. The number of hydrogen-bond acceptors (Lipinski definition) is 3. The molecule has 76 valence electrons. The first-order valence-corrected chi connectivity index (χ1v) is 5.72. The summed E-state index contributed by atoms with van der Waals surface area (Å²) in [5, 5.41) is 10.3. The van der Waals surface area contributed by atoms with Gasteiger partial charge in [0.1, 0.15) is 5.60 Å². The van der Waals surface area contributed by atoms with Crippen LogP contribution in [-0.2, 0) is 5.60 Å². The van der Waals surface area contributed by atoms with E-state index < -0.39 is 5.60 Å². The Hall–Kier alpha value is -0.670. The van der Waals surface area contributed by atoms with E-state index in [2.05, 4.69) is 24.9 Å². The number of nitrogens with zero attached hydrogens (tertiary/aromatic N) is 1. The molecule has 0 amide bonds. The van der Waals surface area contributed by atoms with Crippen molar-refractivity contribution in [1.29, 1.82) is 0 Å². The zero-order chi connectivity index (χ0) is 10.2. The summed E-state index contributed by atoms with van der Waals surface area (Å²) in [5.74, 6) is 0. The molecule has 1 aromatic rings. The van der Waals surface area contributed by atoms with Crippen molar-refractivity contribution in [3.05, 3.63) is 28.7 Å². The third kappa shape index (κ3) is 1.74. The number of rotatable bonds is 1. The van der Waals surface area contributed by atoms with Gasteiger partial charge in [-0.1, -0.05) is 26.0 Å². The molecule has 0 bridgehead atoms. The zero-order valence-corrected chi connectivity index (χ0v) is 9.34. The fraction of sp³-hybridized carbons (Fsp3) is 0.545.